The van der Waals surface area contributed by atoms with Crippen LogP contribution in [0.1, 0.15) is 85.5 Å². The van der Waals surface area contributed by atoms with Gasteiger partial charge < -0.3 is 20.4 Å². The molecule has 0 spiro atoms. The summed E-state index contributed by atoms with van der Waals surface area (Å²) in [5, 5.41) is 40.9. The predicted octanol–water partition coefficient (Wildman–Crippen LogP) is 4.68. The van der Waals surface area contributed by atoms with Crippen LogP contribution in [0.4, 0.5) is 0 Å². The van der Waals surface area contributed by atoms with Crippen LogP contribution < -0.4 is 0 Å². The van der Waals surface area contributed by atoms with E-state index in [1.165, 1.54) is 30.4 Å². The summed E-state index contributed by atoms with van der Waals surface area (Å²) in [6.45, 7) is 11.9. The first-order valence-electron chi connectivity index (χ1n) is 12.3. The first-order chi connectivity index (χ1) is 14.4. The lowest BCUT2D eigenvalue weighted by atomic mass is 9.60. The second-order valence-electron chi connectivity index (χ2n) is 11.4. The first-order valence-corrected chi connectivity index (χ1v) is 12.3. The molecule has 4 heteroatoms. The molecule has 3 saturated carbocycles. The van der Waals surface area contributed by atoms with E-state index in [-0.39, 0.29) is 17.4 Å². The molecule has 7 atom stereocenters. The molecule has 3 aliphatic carbocycles. The third-order valence-corrected chi connectivity index (χ3v) is 8.61. The second kappa shape index (κ2) is 9.51. The molecule has 0 aromatic heterocycles. The molecule has 4 nitrogen and oxygen atoms in total. The van der Waals surface area contributed by atoms with Gasteiger partial charge in [-0.1, -0.05) is 43.7 Å². The molecule has 176 valence electrons. The van der Waals surface area contributed by atoms with Crippen LogP contribution in [0, 0.1) is 23.2 Å². The lowest BCUT2D eigenvalue weighted by molar-refractivity contribution is -0.113. The Morgan fingerprint density at radius 3 is 2.55 bits per heavy atom. The summed E-state index contributed by atoms with van der Waals surface area (Å²) in [4.78, 5) is 0. The summed E-state index contributed by atoms with van der Waals surface area (Å²) < 4.78 is 0. The smallest absolute Gasteiger partial charge is 0.108 e. The van der Waals surface area contributed by atoms with E-state index in [4.69, 9.17) is 0 Å². The van der Waals surface area contributed by atoms with Crippen molar-refractivity contribution in [2.45, 2.75) is 109 Å². The van der Waals surface area contributed by atoms with Crippen LogP contribution in [-0.4, -0.2) is 44.3 Å². The predicted molar refractivity (Wildman–Crippen MR) is 125 cm³/mol. The molecule has 3 rings (SSSR count). The third-order valence-electron chi connectivity index (χ3n) is 8.61. The Labute approximate surface area is 188 Å². The number of fused-ring (bicyclic) bond motifs is 1. The highest BCUT2D eigenvalue weighted by Gasteiger charge is 2.51. The maximum atomic E-state index is 10.5. The van der Waals surface area contributed by atoms with Gasteiger partial charge in [0.1, 0.15) is 6.10 Å². The molecule has 31 heavy (non-hydrogen) atoms. The number of aliphatic hydroxyl groups excluding tert-OH is 3. The van der Waals surface area contributed by atoms with Crippen LogP contribution >= 0.6 is 0 Å². The van der Waals surface area contributed by atoms with Crippen LogP contribution in [0.2, 0.25) is 0 Å². The van der Waals surface area contributed by atoms with Crippen molar-refractivity contribution >= 4 is 0 Å². The molecule has 2 unspecified atom stereocenters. The number of hydrogen-bond donors (Lipinski definition) is 4. The van der Waals surface area contributed by atoms with Gasteiger partial charge in [-0.2, -0.15) is 0 Å². The summed E-state index contributed by atoms with van der Waals surface area (Å²) in [7, 11) is 0. The van der Waals surface area contributed by atoms with Crippen molar-refractivity contribution in [1.29, 1.82) is 0 Å². The quantitative estimate of drug-likeness (QED) is 0.491. The minimum atomic E-state index is -1.30. The SMILES string of the molecule is C=C1CC[C@H](O)C/C1=C/C=C1\CCC[C@]2(C)[C@@H]([C@H](C)CC(O)C(O)C(C)(C)O)CC[C@@H]12. The van der Waals surface area contributed by atoms with Crippen LogP contribution in [-0.2, 0) is 0 Å². The molecule has 0 aromatic rings. The monoisotopic (exact) mass is 432 g/mol. The Bertz CT molecular complexity index is 715. The van der Waals surface area contributed by atoms with Crippen molar-refractivity contribution in [2.75, 3.05) is 0 Å². The summed E-state index contributed by atoms with van der Waals surface area (Å²) in [5.41, 5.74) is 2.81. The van der Waals surface area contributed by atoms with Crippen molar-refractivity contribution in [1.82, 2.24) is 0 Å². The van der Waals surface area contributed by atoms with Crippen molar-refractivity contribution < 1.29 is 20.4 Å². The minimum Gasteiger partial charge on any atom is -0.393 e. The maximum Gasteiger partial charge on any atom is 0.108 e. The zero-order valence-corrected chi connectivity index (χ0v) is 20.0. The van der Waals surface area contributed by atoms with Gasteiger partial charge in [0.05, 0.1) is 17.8 Å². The fourth-order valence-electron chi connectivity index (χ4n) is 6.75. The van der Waals surface area contributed by atoms with E-state index in [0.717, 1.165) is 31.3 Å². The van der Waals surface area contributed by atoms with Gasteiger partial charge in [-0.15, -0.1) is 0 Å². The summed E-state index contributed by atoms with van der Waals surface area (Å²) >= 11 is 0. The highest BCUT2D eigenvalue weighted by atomic mass is 16.4. The molecule has 4 N–H and O–H groups in total. The first kappa shape index (κ1) is 24.7. The van der Waals surface area contributed by atoms with Crippen LogP contribution in [0.3, 0.4) is 0 Å². The topological polar surface area (TPSA) is 80.9 Å². The fraction of sp³-hybridized carbons (Fsp3) is 0.778. The number of rotatable bonds is 6. The number of hydrogen-bond acceptors (Lipinski definition) is 4. The van der Waals surface area contributed by atoms with Crippen molar-refractivity contribution in [3.63, 3.8) is 0 Å². The highest BCUT2D eigenvalue weighted by molar-refractivity contribution is 5.36. The van der Waals surface area contributed by atoms with Gasteiger partial charge in [-0.05, 0) is 100 Å². The van der Waals surface area contributed by atoms with Gasteiger partial charge in [-0.3, -0.25) is 0 Å². The standard InChI is InChI=1S/C27H44O4/c1-17-8-11-21(28)16-20(17)10-9-19-7-6-14-27(5)22(12-13-23(19)27)18(2)15-24(29)25(30)26(3,4)31/h9-10,18,21-25,28-31H,1,6-8,11-16H2,2-5H3/b19-9+,20-10-/t18-,21+,22-,23+,24?,25?,27-/m1/s1. The summed E-state index contributed by atoms with van der Waals surface area (Å²) in [5.74, 6) is 1.35. The average molecular weight is 433 g/mol. The molecule has 0 aromatic carbocycles. The van der Waals surface area contributed by atoms with Crippen molar-refractivity contribution in [3.8, 4) is 0 Å². The van der Waals surface area contributed by atoms with Crippen LogP contribution in [0.25, 0.3) is 0 Å². The van der Waals surface area contributed by atoms with E-state index in [1.54, 1.807) is 13.8 Å². The van der Waals surface area contributed by atoms with Gasteiger partial charge in [0.2, 0.25) is 0 Å². The fourth-order valence-corrected chi connectivity index (χ4v) is 6.75. The average Bonchev–Trinajstić information content (AvgIpc) is 3.04. The van der Waals surface area contributed by atoms with E-state index < -0.39 is 17.8 Å². The minimum absolute atomic E-state index is 0.213. The molecule has 0 heterocycles. The Morgan fingerprint density at radius 1 is 1.16 bits per heavy atom. The van der Waals surface area contributed by atoms with Crippen LogP contribution in [0.5, 0.6) is 0 Å². The molecule has 0 bridgehead atoms. The number of aliphatic hydroxyl groups is 4. The third kappa shape index (κ3) is 5.35. The highest BCUT2D eigenvalue weighted by Crippen LogP contribution is 2.60. The Hall–Kier alpha value is -0.940. The molecule has 0 radical (unpaired) electrons. The van der Waals surface area contributed by atoms with Crippen molar-refractivity contribution in [3.05, 3.63) is 35.5 Å². The van der Waals surface area contributed by atoms with Gasteiger partial charge in [0.25, 0.3) is 0 Å². The summed E-state index contributed by atoms with van der Waals surface area (Å²) in [6.07, 6.45) is 11.0. The maximum absolute atomic E-state index is 10.5. The zero-order valence-electron chi connectivity index (χ0n) is 20.0. The van der Waals surface area contributed by atoms with Crippen LogP contribution in [0.15, 0.2) is 35.5 Å². The molecule has 0 saturated heterocycles. The van der Waals surface area contributed by atoms with E-state index in [0.29, 0.717) is 24.7 Å². The molecular formula is C27H44O4. The largest absolute Gasteiger partial charge is 0.393 e. The normalized spacial score (nSPS) is 37.7. The molecular weight excluding hydrogens is 388 g/mol. The molecule has 3 fully saturated rings. The van der Waals surface area contributed by atoms with Gasteiger partial charge in [0, 0.05) is 0 Å². The Morgan fingerprint density at radius 2 is 1.87 bits per heavy atom. The molecule has 3 aliphatic rings. The van der Waals surface area contributed by atoms with Gasteiger partial charge >= 0.3 is 0 Å². The Balaban J connectivity index is 1.72. The number of allylic oxidation sites excluding steroid dienone is 4. The summed E-state index contributed by atoms with van der Waals surface area (Å²) in [6, 6.07) is 0. The van der Waals surface area contributed by atoms with Gasteiger partial charge in [0.15, 0.2) is 0 Å². The van der Waals surface area contributed by atoms with E-state index in [9.17, 15) is 20.4 Å². The zero-order chi connectivity index (χ0) is 23.0. The van der Waals surface area contributed by atoms with Crippen molar-refractivity contribution in [2.24, 2.45) is 23.2 Å². The lowest BCUT2D eigenvalue weighted by Gasteiger charge is -2.45. The Kier molecular flexibility index (Phi) is 7.57. The molecule has 0 aliphatic heterocycles. The van der Waals surface area contributed by atoms with E-state index in [1.807, 2.05) is 0 Å². The van der Waals surface area contributed by atoms with E-state index in [2.05, 4.69) is 32.6 Å². The van der Waals surface area contributed by atoms with Gasteiger partial charge in [-0.25, -0.2) is 0 Å². The lowest BCUT2D eigenvalue weighted by Crippen LogP contribution is -2.46. The molecule has 0 amide bonds. The second-order valence-corrected chi connectivity index (χ2v) is 11.4. The van der Waals surface area contributed by atoms with E-state index >= 15 is 0 Å².